The third kappa shape index (κ3) is 15.5. The number of rotatable bonds is 6. The van der Waals surface area contributed by atoms with Gasteiger partial charge in [-0.1, -0.05) is 0 Å². The molecule has 2 aliphatic rings. The van der Waals surface area contributed by atoms with Gasteiger partial charge in [-0.05, 0) is 45.3 Å². The van der Waals surface area contributed by atoms with Gasteiger partial charge in [-0.15, -0.1) is 23.2 Å². The topological polar surface area (TPSA) is 75.3 Å². The van der Waals surface area contributed by atoms with Crippen LogP contribution < -0.4 is 29.6 Å². The first-order valence-electron chi connectivity index (χ1n) is 11.9. The van der Waals surface area contributed by atoms with Crippen molar-refractivity contribution in [2.24, 2.45) is 0 Å². The second-order valence-electron chi connectivity index (χ2n) is 8.68. The molecule has 2 saturated heterocycles. The molecule has 3 aromatic rings. The maximum Gasteiger partial charge on any atom is 1.00 e. The van der Waals surface area contributed by atoms with Crippen molar-refractivity contribution in [2.75, 3.05) is 25.0 Å². The van der Waals surface area contributed by atoms with Crippen LogP contribution >= 0.6 is 39.1 Å². The number of alkyl halides is 2. The van der Waals surface area contributed by atoms with Crippen molar-refractivity contribution in [1.29, 1.82) is 0 Å². The molecule has 44 heavy (non-hydrogen) atoms. The maximum absolute atomic E-state index is 13.0. The summed E-state index contributed by atoms with van der Waals surface area (Å²) in [5.41, 5.74) is 0.0819. The van der Waals surface area contributed by atoms with E-state index in [-0.39, 0.29) is 69.0 Å². The summed E-state index contributed by atoms with van der Waals surface area (Å²) in [4.78, 5) is 0. The third-order valence-corrected chi connectivity index (χ3v) is 6.51. The van der Waals surface area contributed by atoms with Crippen LogP contribution in [0.5, 0.6) is 0 Å². The Hall–Kier alpha value is -1.07. The molecule has 4 nitrogen and oxygen atoms in total. The van der Waals surface area contributed by atoms with E-state index in [0.717, 1.165) is 24.8 Å². The average molecular weight is 756 g/mol. The van der Waals surface area contributed by atoms with E-state index >= 15 is 0 Å². The molecule has 0 spiro atoms. The summed E-state index contributed by atoms with van der Waals surface area (Å²) in [5, 5.41) is 9.08. The van der Waals surface area contributed by atoms with Gasteiger partial charge in [0.15, 0.2) is 34.9 Å². The standard InChI is InChI=1S/C9H8ClF3O.C9H7F3O.C6H2BrF3.C3H5ClO.Na.H2O/c10-4-6(14)1-5-2-8(12)9(13)3-7(5)11;10-7-3-9(12)8(11)2-5(7)1-6-4-13-6;7-3-1-5(9)6(10)2-4(3)8;4-1-3-2-5-3;;/h2-3,6,14H,1,4H2;2-3,6H,1,4H2;1-2H;3H,1-2H2;;1H2/q;;;;+1;/p-1. The fourth-order valence-electron chi connectivity index (χ4n) is 2.84. The SMILES string of the molecule is ClCC1CO1.Fc1cc(F)c(Br)cc1F.Fc1cc(F)c(CC2CO2)cc1F.OC(CCl)Cc1cc(F)c(F)cc1F.[Na+].[OH-]. The van der Waals surface area contributed by atoms with E-state index in [1.54, 1.807) is 0 Å². The molecule has 0 aliphatic carbocycles. The van der Waals surface area contributed by atoms with Crippen molar-refractivity contribution in [3.63, 3.8) is 0 Å². The number of hydrogen-bond donors (Lipinski definition) is 1. The van der Waals surface area contributed by atoms with E-state index in [2.05, 4.69) is 15.9 Å². The van der Waals surface area contributed by atoms with Gasteiger partial charge in [0.05, 0.1) is 41.9 Å². The molecule has 3 aromatic carbocycles. The Balaban J connectivity index is 0.000000576. The molecular formula is C27H23BrCl2F9NaO4. The first-order valence-corrected chi connectivity index (χ1v) is 13.7. The van der Waals surface area contributed by atoms with Crippen LogP contribution in [0.3, 0.4) is 0 Å². The van der Waals surface area contributed by atoms with E-state index in [1.807, 2.05) is 0 Å². The Labute approximate surface area is 287 Å². The van der Waals surface area contributed by atoms with Gasteiger partial charge in [0, 0.05) is 36.9 Å². The molecular weight excluding hydrogens is 733 g/mol. The molecule has 2 aliphatic heterocycles. The fourth-order valence-corrected chi connectivity index (χ4v) is 3.44. The minimum atomic E-state index is -1.24. The average Bonchev–Trinajstić information content (AvgIpc) is 3.86. The molecule has 0 radical (unpaired) electrons. The predicted octanol–water partition coefficient (Wildman–Crippen LogP) is 4.61. The van der Waals surface area contributed by atoms with Crippen molar-refractivity contribution in [3.05, 3.63) is 104 Å². The first kappa shape index (κ1) is 42.9. The Morgan fingerprint density at radius 1 is 0.659 bits per heavy atom. The quantitative estimate of drug-likeness (QED) is 0.131. The van der Waals surface area contributed by atoms with Crippen molar-refractivity contribution in [2.45, 2.75) is 31.2 Å². The van der Waals surface area contributed by atoms with Crippen LogP contribution in [0.2, 0.25) is 0 Å². The van der Waals surface area contributed by atoms with Crippen LogP contribution in [0.15, 0.2) is 40.9 Å². The molecule has 2 heterocycles. The summed E-state index contributed by atoms with van der Waals surface area (Å²) in [5.74, 6) is -8.61. The van der Waals surface area contributed by atoms with Crippen molar-refractivity contribution in [3.8, 4) is 0 Å². The molecule has 3 unspecified atom stereocenters. The van der Waals surface area contributed by atoms with Gasteiger partial charge < -0.3 is 20.1 Å². The first-order chi connectivity index (χ1) is 19.7. The van der Waals surface area contributed by atoms with Gasteiger partial charge in [-0.2, -0.15) is 0 Å². The summed E-state index contributed by atoms with van der Waals surface area (Å²) >= 11 is 13.3. The van der Waals surface area contributed by atoms with Crippen LogP contribution in [0.1, 0.15) is 11.1 Å². The second kappa shape index (κ2) is 20.9. The van der Waals surface area contributed by atoms with Crippen molar-refractivity contribution in [1.82, 2.24) is 0 Å². The van der Waals surface area contributed by atoms with Crippen LogP contribution in [0.25, 0.3) is 0 Å². The van der Waals surface area contributed by atoms with Crippen molar-refractivity contribution >= 4 is 39.1 Å². The van der Waals surface area contributed by atoms with Crippen LogP contribution in [-0.4, -0.2) is 53.9 Å². The smallest absolute Gasteiger partial charge is 0.870 e. The van der Waals surface area contributed by atoms with Gasteiger partial charge in [0.1, 0.15) is 17.5 Å². The third-order valence-electron chi connectivity index (χ3n) is 5.20. The molecule has 5 rings (SSSR count). The number of epoxide rings is 2. The zero-order valence-electron chi connectivity index (χ0n) is 22.7. The van der Waals surface area contributed by atoms with Crippen molar-refractivity contribution < 1.29 is 89.1 Å². The van der Waals surface area contributed by atoms with Gasteiger partial charge in [0.25, 0.3) is 0 Å². The normalized spacial score (nSPS) is 16.3. The molecule has 3 atom stereocenters. The summed E-state index contributed by atoms with van der Waals surface area (Å²) in [6.07, 6.45) is -0.415. The van der Waals surface area contributed by atoms with Gasteiger partial charge in [0.2, 0.25) is 0 Å². The Morgan fingerprint density at radius 3 is 1.43 bits per heavy atom. The number of aliphatic hydroxyl groups excluding tert-OH is 1. The molecule has 2 fully saturated rings. The summed E-state index contributed by atoms with van der Waals surface area (Å²) < 4.78 is 122. The Kier molecular flexibility index (Phi) is 20.4. The minimum absolute atomic E-state index is 0. The Bertz CT molecular complexity index is 1290. The van der Waals surface area contributed by atoms with E-state index < -0.39 is 58.5 Å². The monoisotopic (exact) mass is 754 g/mol. The van der Waals surface area contributed by atoms with Crippen LogP contribution in [-0.2, 0) is 22.3 Å². The summed E-state index contributed by atoms with van der Waals surface area (Å²) in [6, 6.07) is 3.84. The summed E-state index contributed by atoms with van der Waals surface area (Å²) in [6.45, 7) is 1.45. The molecule has 0 bridgehead atoms. The van der Waals surface area contributed by atoms with Crippen LogP contribution in [0.4, 0.5) is 39.5 Å². The minimum Gasteiger partial charge on any atom is -0.870 e. The molecule has 0 amide bonds. The van der Waals surface area contributed by atoms with Gasteiger partial charge >= 0.3 is 29.6 Å². The zero-order chi connectivity index (χ0) is 31.6. The summed E-state index contributed by atoms with van der Waals surface area (Å²) in [7, 11) is 0. The zero-order valence-corrected chi connectivity index (χ0v) is 27.8. The number of aliphatic hydroxyl groups is 1. The second-order valence-corrected chi connectivity index (χ2v) is 10.1. The van der Waals surface area contributed by atoms with E-state index in [1.165, 1.54) is 0 Å². The van der Waals surface area contributed by atoms with E-state index in [0.29, 0.717) is 43.2 Å². The molecule has 0 aromatic heterocycles. The maximum atomic E-state index is 13.0. The number of halogens is 12. The molecule has 17 heteroatoms. The molecule has 2 N–H and O–H groups in total. The predicted molar refractivity (Wildman–Crippen MR) is 143 cm³/mol. The van der Waals surface area contributed by atoms with Crippen LogP contribution in [0, 0.1) is 52.4 Å². The largest absolute Gasteiger partial charge is 1.00 e. The van der Waals surface area contributed by atoms with E-state index in [9.17, 15) is 39.5 Å². The molecule has 0 saturated carbocycles. The van der Waals surface area contributed by atoms with E-state index in [4.69, 9.17) is 37.8 Å². The van der Waals surface area contributed by atoms with Gasteiger partial charge in [-0.25, -0.2) is 39.5 Å². The number of ether oxygens (including phenoxy) is 2. The van der Waals surface area contributed by atoms with Gasteiger partial charge in [-0.3, -0.25) is 0 Å². The fraction of sp³-hybridized carbons (Fsp3) is 0.333. The number of hydrogen-bond acceptors (Lipinski definition) is 4. The number of benzene rings is 3. The Morgan fingerprint density at radius 2 is 1.05 bits per heavy atom. The molecule has 240 valence electrons.